The molecule has 0 unspecified atom stereocenters. The van der Waals surface area contributed by atoms with Gasteiger partial charge in [0, 0.05) is 35.5 Å². The van der Waals surface area contributed by atoms with Crippen molar-refractivity contribution in [1.82, 2.24) is 0 Å². The van der Waals surface area contributed by atoms with Crippen LogP contribution in [0.2, 0.25) is 0 Å². The molecule has 0 fully saturated rings. The van der Waals surface area contributed by atoms with Crippen molar-refractivity contribution in [2.45, 2.75) is 12.5 Å². The Balaban J connectivity index is 1.66. The summed E-state index contributed by atoms with van der Waals surface area (Å²) in [5.74, 6) is 0.755. The van der Waals surface area contributed by atoms with E-state index in [0.717, 1.165) is 11.3 Å². The van der Waals surface area contributed by atoms with E-state index in [1.54, 1.807) is 41.3 Å². The third-order valence-corrected chi connectivity index (χ3v) is 5.45. The fourth-order valence-electron chi connectivity index (χ4n) is 3.95. The van der Waals surface area contributed by atoms with Crippen LogP contribution in [0.5, 0.6) is 17.2 Å². The van der Waals surface area contributed by atoms with Crippen LogP contribution in [0.25, 0.3) is 0 Å². The summed E-state index contributed by atoms with van der Waals surface area (Å²) in [6.07, 6.45) is 0.422. The lowest BCUT2D eigenvalue weighted by Gasteiger charge is -2.25. The van der Waals surface area contributed by atoms with Gasteiger partial charge in [0.05, 0.1) is 21.3 Å². The number of para-hydroxylation sites is 1. The lowest BCUT2D eigenvalue weighted by Crippen LogP contribution is -2.45. The van der Waals surface area contributed by atoms with E-state index in [1.807, 2.05) is 30.3 Å². The maximum Gasteiger partial charge on any atom is 0.259 e. The minimum Gasteiger partial charge on any atom is -0.493 e. The number of hydrogen-bond donors (Lipinski definition) is 1. The second-order valence-electron chi connectivity index (χ2n) is 7.29. The van der Waals surface area contributed by atoms with Crippen molar-refractivity contribution in [2.75, 3.05) is 31.5 Å². The van der Waals surface area contributed by atoms with Crippen LogP contribution in [0.4, 0.5) is 11.4 Å². The number of hydrogen-bond acceptors (Lipinski definition) is 5. The molecule has 32 heavy (non-hydrogen) atoms. The van der Waals surface area contributed by atoms with Crippen LogP contribution >= 0.6 is 0 Å². The molecule has 3 aromatic rings. The summed E-state index contributed by atoms with van der Waals surface area (Å²) in [4.78, 5) is 28.3. The molecule has 0 aliphatic carbocycles. The molecule has 164 valence electrons. The zero-order valence-corrected chi connectivity index (χ0v) is 18.1. The molecule has 0 radical (unpaired) electrons. The van der Waals surface area contributed by atoms with E-state index in [-0.39, 0.29) is 11.8 Å². The maximum absolute atomic E-state index is 13.4. The molecule has 1 atom stereocenters. The summed E-state index contributed by atoms with van der Waals surface area (Å²) in [5, 5.41) is 2.91. The van der Waals surface area contributed by atoms with E-state index in [0.29, 0.717) is 34.9 Å². The van der Waals surface area contributed by atoms with Crippen molar-refractivity contribution in [3.63, 3.8) is 0 Å². The second kappa shape index (κ2) is 9.01. The van der Waals surface area contributed by atoms with Gasteiger partial charge in [-0.2, -0.15) is 0 Å². The highest BCUT2D eigenvalue weighted by molar-refractivity contribution is 6.13. The van der Waals surface area contributed by atoms with Gasteiger partial charge in [-0.1, -0.05) is 36.4 Å². The lowest BCUT2D eigenvalue weighted by atomic mass is 10.1. The Morgan fingerprint density at radius 2 is 1.50 bits per heavy atom. The molecule has 0 saturated heterocycles. The van der Waals surface area contributed by atoms with Gasteiger partial charge in [0.25, 0.3) is 5.91 Å². The van der Waals surface area contributed by atoms with Gasteiger partial charge in [-0.25, -0.2) is 0 Å². The van der Waals surface area contributed by atoms with Crippen LogP contribution in [0.1, 0.15) is 15.9 Å². The van der Waals surface area contributed by atoms with Crippen LogP contribution in [0, 0.1) is 0 Å². The Kier molecular flexibility index (Phi) is 5.98. The quantitative estimate of drug-likeness (QED) is 0.639. The van der Waals surface area contributed by atoms with E-state index >= 15 is 0 Å². The van der Waals surface area contributed by atoms with E-state index in [9.17, 15) is 9.59 Å². The Morgan fingerprint density at radius 1 is 0.875 bits per heavy atom. The van der Waals surface area contributed by atoms with Gasteiger partial charge in [-0.3, -0.25) is 14.5 Å². The van der Waals surface area contributed by atoms with Gasteiger partial charge in [0.15, 0.2) is 11.5 Å². The predicted molar refractivity (Wildman–Crippen MR) is 122 cm³/mol. The molecular weight excluding hydrogens is 408 g/mol. The molecule has 0 saturated carbocycles. The number of rotatable bonds is 6. The average Bonchev–Trinajstić information content (AvgIpc) is 3.23. The fraction of sp³-hybridized carbons (Fsp3) is 0.200. The highest BCUT2D eigenvalue weighted by Gasteiger charge is 2.38. The van der Waals surface area contributed by atoms with Crippen LogP contribution < -0.4 is 24.4 Å². The molecule has 1 aliphatic rings. The Labute approximate surface area is 186 Å². The summed E-state index contributed by atoms with van der Waals surface area (Å²) >= 11 is 0. The molecule has 4 rings (SSSR count). The minimum absolute atomic E-state index is 0.222. The Hall–Kier alpha value is -4.00. The number of carbonyl (C=O) groups is 2. The second-order valence-corrected chi connectivity index (χ2v) is 7.29. The molecule has 0 bridgehead atoms. The van der Waals surface area contributed by atoms with Crippen LogP contribution in [-0.2, 0) is 11.2 Å². The summed E-state index contributed by atoms with van der Waals surface area (Å²) < 4.78 is 16.1. The SMILES string of the molecule is COc1cc(NC(=O)[C@H]2Cc3ccccc3N2C(=O)c2ccccc2)cc(OC)c1OC. The summed E-state index contributed by atoms with van der Waals surface area (Å²) in [7, 11) is 4.54. The zero-order chi connectivity index (χ0) is 22.7. The summed E-state index contributed by atoms with van der Waals surface area (Å²) in [6, 6.07) is 19.1. The van der Waals surface area contributed by atoms with Crippen molar-refractivity contribution in [3.05, 3.63) is 77.9 Å². The standard InChI is InChI=1S/C25H24N2O5/c1-30-21-14-18(15-22(31-2)23(21)32-3)26-24(28)20-13-17-11-7-8-12-19(17)27(20)25(29)16-9-5-4-6-10-16/h4-12,14-15,20H,13H2,1-3H3,(H,26,28)/t20-/m1/s1. The van der Waals surface area contributed by atoms with Crippen LogP contribution in [-0.4, -0.2) is 39.2 Å². The van der Waals surface area contributed by atoms with E-state index in [2.05, 4.69) is 5.32 Å². The van der Waals surface area contributed by atoms with Gasteiger partial charge < -0.3 is 19.5 Å². The van der Waals surface area contributed by atoms with Gasteiger partial charge >= 0.3 is 0 Å². The van der Waals surface area contributed by atoms with Gasteiger partial charge in [0.1, 0.15) is 6.04 Å². The first-order chi connectivity index (χ1) is 15.6. The van der Waals surface area contributed by atoms with Gasteiger partial charge in [-0.05, 0) is 23.8 Å². The van der Waals surface area contributed by atoms with Crippen molar-refractivity contribution in [3.8, 4) is 17.2 Å². The van der Waals surface area contributed by atoms with Crippen molar-refractivity contribution in [2.24, 2.45) is 0 Å². The molecule has 3 aromatic carbocycles. The number of amides is 2. The molecule has 1 N–H and O–H groups in total. The monoisotopic (exact) mass is 432 g/mol. The van der Waals surface area contributed by atoms with Crippen LogP contribution in [0.3, 0.4) is 0 Å². The molecule has 7 heteroatoms. The number of fused-ring (bicyclic) bond motifs is 1. The molecule has 1 aliphatic heterocycles. The molecule has 0 aromatic heterocycles. The highest BCUT2D eigenvalue weighted by Crippen LogP contribution is 2.40. The number of methoxy groups -OCH3 is 3. The number of benzene rings is 3. The topological polar surface area (TPSA) is 77.1 Å². The summed E-state index contributed by atoms with van der Waals surface area (Å²) in [5.41, 5.74) is 2.69. The first-order valence-corrected chi connectivity index (χ1v) is 10.1. The maximum atomic E-state index is 13.4. The smallest absolute Gasteiger partial charge is 0.259 e. The van der Waals surface area contributed by atoms with Gasteiger partial charge in [-0.15, -0.1) is 0 Å². The minimum atomic E-state index is -0.695. The van der Waals surface area contributed by atoms with Crippen LogP contribution in [0.15, 0.2) is 66.7 Å². The number of carbonyl (C=O) groups excluding carboxylic acids is 2. The number of nitrogens with one attached hydrogen (secondary N) is 1. The van der Waals surface area contributed by atoms with E-state index in [4.69, 9.17) is 14.2 Å². The molecule has 7 nitrogen and oxygen atoms in total. The predicted octanol–water partition coefficient (Wildman–Crippen LogP) is 3.92. The van der Waals surface area contributed by atoms with Crippen molar-refractivity contribution in [1.29, 1.82) is 0 Å². The molecule has 0 spiro atoms. The first-order valence-electron chi connectivity index (χ1n) is 10.1. The van der Waals surface area contributed by atoms with E-state index < -0.39 is 6.04 Å². The first kappa shape index (κ1) is 21.2. The largest absolute Gasteiger partial charge is 0.493 e. The Bertz CT molecular complexity index is 1120. The third-order valence-electron chi connectivity index (χ3n) is 5.45. The number of ether oxygens (including phenoxy) is 3. The van der Waals surface area contributed by atoms with Crippen molar-refractivity contribution >= 4 is 23.2 Å². The number of nitrogens with zero attached hydrogens (tertiary/aromatic N) is 1. The highest BCUT2D eigenvalue weighted by atomic mass is 16.5. The zero-order valence-electron chi connectivity index (χ0n) is 18.1. The normalized spacial score (nSPS) is 14.5. The third kappa shape index (κ3) is 3.85. The lowest BCUT2D eigenvalue weighted by molar-refractivity contribution is -0.117. The van der Waals surface area contributed by atoms with Crippen molar-refractivity contribution < 1.29 is 23.8 Å². The molecule has 1 heterocycles. The fourth-order valence-corrected chi connectivity index (χ4v) is 3.95. The average molecular weight is 432 g/mol. The van der Waals surface area contributed by atoms with Gasteiger partial charge in [0.2, 0.25) is 11.7 Å². The number of anilines is 2. The summed E-state index contributed by atoms with van der Waals surface area (Å²) in [6.45, 7) is 0. The Morgan fingerprint density at radius 3 is 2.12 bits per heavy atom. The molecular formula is C25H24N2O5. The molecule has 2 amide bonds. The van der Waals surface area contributed by atoms with E-state index in [1.165, 1.54) is 21.3 Å².